The van der Waals surface area contributed by atoms with Crippen LogP contribution in [-0.4, -0.2) is 52.0 Å². The third kappa shape index (κ3) is 5.34. The summed E-state index contributed by atoms with van der Waals surface area (Å²) in [5, 5.41) is 9.40. The first-order valence-corrected chi connectivity index (χ1v) is 11.8. The molecule has 34 heavy (non-hydrogen) atoms. The average molecular weight is 482 g/mol. The lowest BCUT2D eigenvalue weighted by molar-refractivity contribution is -0.138. The zero-order valence-corrected chi connectivity index (χ0v) is 21.3. The number of thioether (sulfide) groups is 1. The lowest BCUT2D eigenvalue weighted by Crippen LogP contribution is -2.28. The highest BCUT2D eigenvalue weighted by molar-refractivity contribution is 8.01. The standard InChI is InChI=1S/C26H31N3O4S/c1-17-9-7-8-10-21(17)28(5)24(30)22-18(2)29(15-16-33-6)23(27-22)19-11-13-20(14-12-19)34-26(3,4)25(31)32/h7-14H,15-16H2,1-6H3,(H,31,32). The molecule has 1 N–H and O–H groups in total. The Hall–Kier alpha value is -3.10. The molecule has 0 aliphatic carbocycles. The second-order valence-electron chi connectivity index (χ2n) is 8.61. The van der Waals surface area contributed by atoms with E-state index in [1.807, 2.05) is 66.9 Å². The van der Waals surface area contributed by atoms with Crippen LogP contribution in [0.2, 0.25) is 0 Å². The molecular formula is C26H31N3O4S. The number of para-hydroxylation sites is 1. The van der Waals surface area contributed by atoms with Crippen molar-refractivity contribution in [1.29, 1.82) is 0 Å². The van der Waals surface area contributed by atoms with E-state index in [1.165, 1.54) is 11.8 Å². The van der Waals surface area contributed by atoms with Crippen molar-refractivity contribution in [1.82, 2.24) is 9.55 Å². The first-order valence-electron chi connectivity index (χ1n) is 11.0. The van der Waals surface area contributed by atoms with Gasteiger partial charge in [-0.1, -0.05) is 30.3 Å². The summed E-state index contributed by atoms with van der Waals surface area (Å²) in [5.74, 6) is -0.377. The van der Waals surface area contributed by atoms with Gasteiger partial charge in [0, 0.05) is 42.5 Å². The maximum absolute atomic E-state index is 13.4. The number of aryl methyl sites for hydroxylation is 1. The minimum atomic E-state index is -0.936. The van der Waals surface area contributed by atoms with Gasteiger partial charge in [0.2, 0.25) is 0 Å². The number of methoxy groups -OCH3 is 1. The fourth-order valence-corrected chi connectivity index (χ4v) is 4.58. The normalized spacial score (nSPS) is 11.5. The Kier molecular flexibility index (Phi) is 7.84. The zero-order chi connectivity index (χ0) is 25.0. The van der Waals surface area contributed by atoms with E-state index in [4.69, 9.17) is 9.72 Å². The predicted octanol–water partition coefficient (Wildman–Crippen LogP) is 5.05. The SMILES string of the molecule is COCCn1c(-c2ccc(SC(C)(C)C(=O)O)cc2)nc(C(=O)N(C)c2ccccc2C)c1C. The van der Waals surface area contributed by atoms with Crippen LogP contribution in [0.5, 0.6) is 0 Å². The molecule has 3 aromatic rings. The molecule has 3 rings (SSSR count). The number of amides is 1. The molecule has 0 spiro atoms. The maximum atomic E-state index is 13.4. The summed E-state index contributed by atoms with van der Waals surface area (Å²) >= 11 is 1.28. The second-order valence-corrected chi connectivity index (χ2v) is 10.3. The van der Waals surface area contributed by atoms with E-state index < -0.39 is 10.7 Å². The Bertz CT molecular complexity index is 1190. The Morgan fingerprint density at radius 3 is 2.35 bits per heavy atom. The Morgan fingerprint density at radius 2 is 1.76 bits per heavy atom. The van der Waals surface area contributed by atoms with Crippen molar-refractivity contribution in [3.8, 4) is 11.4 Å². The Balaban J connectivity index is 1.98. The molecule has 0 bridgehead atoms. The average Bonchev–Trinajstić information content (AvgIpc) is 3.13. The minimum Gasteiger partial charge on any atom is -0.480 e. The number of imidazole rings is 1. The van der Waals surface area contributed by atoms with Crippen molar-refractivity contribution in [2.24, 2.45) is 0 Å². The second kappa shape index (κ2) is 10.4. The maximum Gasteiger partial charge on any atom is 0.319 e. The van der Waals surface area contributed by atoms with Crippen LogP contribution >= 0.6 is 11.8 Å². The number of ether oxygens (including phenoxy) is 1. The fraction of sp³-hybridized carbons (Fsp3) is 0.346. The quantitative estimate of drug-likeness (QED) is 0.431. The smallest absolute Gasteiger partial charge is 0.319 e. The number of carbonyl (C=O) groups excluding carboxylic acids is 1. The third-order valence-corrected chi connectivity index (χ3v) is 6.92. The monoisotopic (exact) mass is 481 g/mol. The largest absolute Gasteiger partial charge is 0.480 e. The topological polar surface area (TPSA) is 84.7 Å². The molecule has 0 radical (unpaired) electrons. The van der Waals surface area contributed by atoms with Crippen LogP contribution in [0.25, 0.3) is 11.4 Å². The van der Waals surface area contributed by atoms with E-state index in [2.05, 4.69) is 0 Å². The number of hydrogen-bond acceptors (Lipinski definition) is 5. The Labute approximate surface area is 204 Å². The molecule has 0 atom stereocenters. The van der Waals surface area contributed by atoms with Crippen molar-refractivity contribution in [2.45, 2.75) is 43.9 Å². The van der Waals surface area contributed by atoms with E-state index in [-0.39, 0.29) is 5.91 Å². The fourth-order valence-electron chi connectivity index (χ4n) is 3.63. The van der Waals surface area contributed by atoms with Crippen molar-refractivity contribution >= 4 is 29.3 Å². The van der Waals surface area contributed by atoms with Crippen LogP contribution in [0.1, 0.15) is 35.6 Å². The lowest BCUT2D eigenvalue weighted by Gasteiger charge is -2.19. The van der Waals surface area contributed by atoms with Crippen molar-refractivity contribution in [2.75, 3.05) is 25.7 Å². The molecule has 0 saturated carbocycles. The van der Waals surface area contributed by atoms with Crippen molar-refractivity contribution in [3.05, 3.63) is 65.5 Å². The number of aromatic nitrogens is 2. The van der Waals surface area contributed by atoms with Gasteiger partial charge in [0.05, 0.1) is 6.61 Å². The number of carboxylic acids is 1. The van der Waals surface area contributed by atoms with Gasteiger partial charge in [-0.15, -0.1) is 11.8 Å². The number of anilines is 1. The molecular weight excluding hydrogens is 450 g/mol. The van der Waals surface area contributed by atoms with Gasteiger partial charge in [-0.05, 0) is 51.5 Å². The summed E-state index contributed by atoms with van der Waals surface area (Å²) in [5.41, 5.74) is 3.84. The summed E-state index contributed by atoms with van der Waals surface area (Å²) in [4.78, 5) is 32.1. The number of rotatable bonds is 9. The number of benzene rings is 2. The Morgan fingerprint density at radius 1 is 1.12 bits per heavy atom. The predicted molar refractivity (Wildman–Crippen MR) is 136 cm³/mol. The van der Waals surface area contributed by atoms with Gasteiger partial charge < -0.3 is 19.3 Å². The molecule has 0 fully saturated rings. The molecule has 0 aliphatic heterocycles. The number of aliphatic carboxylic acids is 1. The molecule has 1 aromatic heterocycles. The van der Waals surface area contributed by atoms with Crippen molar-refractivity contribution < 1.29 is 19.4 Å². The van der Waals surface area contributed by atoms with Gasteiger partial charge in [0.25, 0.3) is 5.91 Å². The summed E-state index contributed by atoms with van der Waals surface area (Å²) in [6, 6.07) is 15.3. The van der Waals surface area contributed by atoms with Gasteiger partial charge >= 0.3 is 5.97 Å². The van der Waals surface area contributed by atoms with Gasteiger partial charge in [-0.3, -0.25) is 9.59 Å². The highest BCUT2D eigenvalue weighted by Crippen LogP contribution is 2.34. The van der Waals surface area contributed by atoms with E-state index in [9.17, 15) is 14.7 Å². The molecule has 8 heteroatoms. The first kappa shape index (κ1) is 25.5. The number of nitrogens with zero attached hydrogens (tertiary/aromatic N) is 3. The van der Waals surface area contributed by atoms with Gasteiger partial charge in [0.15, 0.2) is 0 Å². The van der Waals surface area contributed by atoms with Crippen LogP contribution in [0, 0.1) is 13.8 Å². The van der Waals surface area contributed by atoms with Crippen LogP contribution in [0.15, 0.2) is 53.4 Å². The summed E-state index contributed by atoms with van der Waals surface area (Å²) < 4.78 is 6.34. The molecule has 0 saturated heterocycles. The lowest BCUT2D eigenvalue weighted by atomic mass is 10.2. The zero-order valence-electron chi connectivity index (χ0n) is 20.5. The van der Waals surface area contributed by atoms with E-state index >= 15 is 0 Å². The highest BCUT2D eigenvalue weighted by Gasteiger charge is 2.29. The molecule has 0 unspecified atom stereocenters. The summed E-state index contributed by atoms with van der Waals surface area (Å²) in [7, 11) is 3.40. The third-order valence-electron chi connectivity index (χ3n) is 5.72. The van der Waals surface area contributed by atoms with E-state index in [0.717, 1.165) is 27.4 Å². The molecule has 0 aliphatic rings. The molecule has 1 heterocycles. The van der Waals surface area contributed by atoms with E-state index in [0.29, 0.717) is 24.7 Å². The number of carboxylic acid groups (broad SMARTS) is 1. The van der Waals surface area contributed by atoms with Gasteiger partial charge in [0.1, 0.15) is 16.3 Å². The molecule has 180 valence electrons. The van der Waals surface area contributed by atoms with Gasteiger partial charge in [-0.2, -0.15) is 0 Å². The van der Waals surface area contributed by atoms with Gasteiger partial charge in [-0.25, -0.2) is 4.98 Å². The first-order chi connectivity index (χ1) is 16.1. The summed E-state index contributed by atoms with van der Waals surface area (Å²) in [6.07, 6.45) is 0. The molecule has 7 nitrogen and oxygen atoms in total. The minimum absolute atomic E-state index is 0.181. The number of hydrogen-bond donors (Lipinski definition) is 1. The highest BCUT2D eigenvalue weighted by atomic mass is 32.2. The van der Waals surface area contributed by atoms with Crippen LogP contribution in [-0.2, 0) is 16.1 Å². The number of carbonyl (C=O) groups is 2. The van der Waals surface area contributed by atoms with Crippen LogP contribution < -0.4 is 4.90 Å². The molecule has 1 amide bonds. The molecule has 2 aromatic carbocycles. The summed E-state index contributed by atoms with van der Waals surface area (Å²) in [6.45, 7) is 8.25. The van der Waals surface area contributed by atoms with E-state index in [1.54, 1.807) is 32.9 Å². The van der Waals surface area contributed by atoms with Crippen molar-refractivity contribution in [3.63, 3.8) is 0 Å². The van der Waals surface area contributed by atoms with Crippen LogP contribution in [0.4, 0.5) is 5.69 Å². The van der Waals surface area contributed by atoms with Crippen LogP contribution in [0.3, 0.4) is 0 Å².